The number of hydrogen-bond acceptors (Lipinski definition) is 5. The zero-order chi connectivity index (χ0) is 30.7. The predicted molar refractivity (Wildman–Crippen MR) is 171 cm³/mol. The Balaban J connectivity index is 1.26. The third kappa shape index (κ3) is 6.14. The van der Waals surface area contributed by atoms with Crippen LogP contribution in [-0.2, 0) is 9.59 Å². The van der Waals surface area contributed by atoms with Crippen LogP contribution in [0.3, 0.4) is 0 Å². The maximum atomic E-state index is 13.7. The fraction of sp³-hybridized carbons (Fsp3) is 0.314. The molecule has 0 unspecified atom stereocenters. The van der Waals surface area contributed by atoms with E-state index in [9.17, 15) is 14.4 Å². The third-order valence-corrected chi connectivity index (χ3v) is 8.80. The number of likely N-dealkylation sites (N-methyl/N-ethyl adjacent to an activating group) is 1. The Kier molecular flexibility index (Phi) is 8.30. The average Bonchev–Trinajstić information content (AvgIpc) is 3.62. The summed E-state index contributed by atoms with van der Waals surface area (Å²) >= 11 is 0. The minimum Gasteiger partial charge on any atom is -0.478 e. The number of aliphatic carboxylic acids is 1. The highest BCUT2D eigenvalue weighted by Crippen LogP contribution is 2.38. The number of para-hydroxylation sites is 1. The Bertz CT molecular complexity index is 1710. The standard InChI is InChI=1S/C35H37N5O4/c1-39-21-20-35(23-39,34(44)36-27-16-12-24(13-17-27)14-19-31(41)42)37-33(43)26-15-18-29-30(22-26)38-40(28-10-6-3-7-11-28)32(29)25-8-4-2-5-9-25/h3,6-7,10-19,22,25H,2,4-5,8-9,20-21,23H2,1H3,(H,36,44)(H,37,43)(H,41,42)/b19-14+/t35-/m0/s1. The zero-order valence-electron chi connectivity index (χ0n) is 24.8. The second kappa shape index (κ2) is 12.5. The maximum absolute atomic E-state index is 13.7. The molecule has 2 fully saturated rings. The Morgan fingerprint density at radius 2 is 1.73 bits per heavy atom. The summed E-state index contributed by atoms with van der Waals surface area (Å²) in [6.07, 6.45) is 8.95. The van der Waals surface area contributed by atoms with Crippen LogP contribution in [0.25, 0.3) is 22.7 Å². The highest BCUT2D eigenvalue weighted by molar-refractivity contribution is 6.05. The lowest BCUT2D eigenvalue weighted by Crippen LogP contribution is -2.58. The van der Waals surface area contributed by atoms with Crippen molar-refractivity contribution in [2.24, 2.45) is 0 Å². The summed E-state index contributed by atoms with van der Waals surface area (Å²) in [5.41, 5.74) is 3.59. The van der Waals surface area contributed by atoms with E-state index in [0.29, 0.717) is 42.2 Å². The van der Waals surface area contributed by atoms with Crippen molar-refractivity contribution in [1.29, 1.82) is 0 Å². The van der Waals surface area contributed by atoms with Crippen molar-refractivity contribution >= 4 is 40.4 Å². The molecule has 1 aliphatic heterocycles. The van der Waals surface area contributed by atoms with Gasteiger partial charge in [0.05, 0.1) is 16.9 Å². The van der Waals surface area contributed by atoms with Crippen LogP contribution in [-0.4, -0.2) is 63.2 Å². The van der Waals surface area contributed by atoms with Crippen LogP contribution in [0.5, 0.6) is 0 Å². The molecule has 9 heteroatoms. The number of carbonyl (C=O) groups is 3. The molecule has 6 rings (SSSR count). The van der Waals surface area contributed by atoms with Gasteiger partial charge in [0, 0.05) is 41.7 Å². The highest BCUT2D eigenvalue weighted by atomic mass is 16.4. The van der Waals surface area contributed by atoms with E-state index in [0.717, 1.165) is 35.5 Å². The molecule has 1 aromatic heterocycles. The topological polar surface area (TPSA) is 117 Å². The smallest absolute Gasteiger partial charge is 0.328 e. The van der Waals surface area contributed by atoms with Crippen LogP contribution < -0.4 is 10.6 Å². The second-order valence-electron chi connectivity index (χ2n) is 12.0. The van der Waals surface area contributed by atoms with Gasteiger partial charge in [0.1, 0.15) is 5.54 Å². The maximum Gasteiger partial charge on any atom is 0.328 e. The lowest BCUT2D eigenvalue weighted by atomic mass is 9.85. The number of likely N-dealkylation sites (tertiary alicyclic amines) is 1. The number of fused-ring (bicyclic) bond motifs is 1. The number of amides is 2. The molecule has 0 bridgehead atoms. The Labute approximate surface area is 256 Å². The fourth-order valence-electron chi connectivity index (χ4n) is 6.51. The van der Waals surface area contributed by atoms with Gasteiger partial charge in [-0.1, -0.05) is 55.7 Å². The van der Waals surface area contributed by atoms with Gasteiger partial charge in [0.15, 0.2) is 0 Å². The number of hydrogen-bond donors (Lipinski definition) is 3. The SMILES string of the molecule is CN1CC[C@@](NC(=O)c2ccc3c(C4CCCCC4)n(-c4ccccc4)nc3c2)(C(=O)Nc2ccc(/C=C/C(=O)O)cc2)C1. The van der Waals surface area contributed by atoms with Gasteiger partial charge in [-0.05, 0) is 74.3 Å². The van der Waals surface area contributed by atoms with Crippen molar-refractivity contribution in [3.05, 3.63) is 95.7 Å². The molecule has 3 aromatic carbocycles. The molecule has 4 aromatic rings. The molecular formula is C35H37N5O4. The molecule has 0 spiro atoms. The lowest BCUT2D eigenvalue weighted by molar-refractivity contribution is -0.131. The number of aromatic nitrogens is 2. The summed E-state index contributed by atoms with van der Waals surface area (Å²) in [5.74, 6) is -1.23. The highest BCUT2D eigenvalue weighted by Gasteiger charge is 2.45. The normalized spacial score (nSPS) is 19.4. The van der Waals surface area contributed by atoms with E-state index in [-0.39, 0.29) is 11.8 Å². The molecule has 1 atom stereocenters. The van der Waals surface area contributed by atoms with Gasteiger partial charge in [0.25, 0.3) is 11.8 Å². The minimum atomic E-state index is -1.11. The van der Waals surface area contributed by atoms with Crippen LogP contribution in [0.1, 0.15) is 66.1 Å². The molecule has 1 saturated heterocycles. The Morgan fingerprint density at radius 3 is 2.41 bits per heavy atom. The summed E-state index contributed by atoms with van der Waals surface area (Å²) < 4.78 is 2.05. The summed E-state index contributed by atoms with van der Waals surface area (Å²) in [5, 5.41) is 20.9. The van der Waals surface area contributed by atoms with E-state index in [1.54, 1.807) is 24.3 Å². The van der Waals surface area contributed by atoms with Gasteiger partial charge < -0.3 is 20.6 Å². The Morgan fingerprint density at radius 1 is 0.977 bits per heavy atom. The molecule has 226 valence electrons. The molecular weight excluding hydrogens is 554 g/mol. The van der Waals surface area contributed by atoms with E-state index in [2.05, 4.69) is 22.8 Å². The van der Waals surface area contributed by atoms with E-state index >= 15 is 0 Å². The van der Waals surface area contributed by atoms with Crippen LogP contribution in [0.2, 0.25) is 0 Å². The van der Waals surface area contributed by atoms with Crippen molar-refractivity contribution in [1.82, 2.24) is 20.0 Å². The third-order valence-electron chi connectivity index (χ3n) is 8.80. The van der Waals surface area contributed by atoms with E-state index < -0.39 is 11.5 Å². The average molecular weight is 592 g/mol. The lowest BCUT2D eigenvalue weighted by Gasteiger charge is -2.29. The fourth-order valence-corrected chi connectivity index (χ4v) is 6.51. The molecule has 44 heavy (non-hydrogen) atoms. The molecule has 2 amide bonds. The number of nitrogens with one attached hydrogen (secondary N) is 2. The first-order chi connectivity index (χ1) is 21.3. The zero-order valence-corrected chi connectivity index (χ0v) is 24.8. The summed E-state index contributed by atoms with van der Waals surface area (Å²) in [4.78, 5) is 40.3. The van der Waals surface area contributed by atoms with Gasteiger partial charge in [-0.2, -0.15) is 5.10 Å². The molecule has 3 N–H and O–H groups in total. The van der Waals surface area contributed by atoms with Gasteiger partial charge >= 0.3 is 5.97 Å². The van der Waals surface area contributed by atoms with Crippen molar-refractivity contribution in [3.63, 3.8) is 0 Å². The number of nitrogens with zero attached hydrogens (tertiary/aromatic N) is 3. The number of benzene rings is 3. The van der Waals surface area contributed by atoms with Crippen LogP contribution in [0, 0.1) is 0 Å². The van der Waals surface area contributed by atoms with E-state index in [4.69, 9.17) is 10.2 Å². The first-order valence-corrected chi connectivity index (χ1v) is 15.2. The van der Waals surface area contributed by atoms with Crippen molar-refractivity contribution in [2.75, 3.05) is 25.5 Å². The van der Waals surface area contributed by atoms with Crippen molar-refractivity contribution in [3.8, 4) is 5.69 Å². The molecule has 9 nitrogen and oxygen atoms in total. The molecule has 2 heterocycles. The van der Waals surface area contributed by atoms with Gasteiger partial charge in [-0.3, -0.25) is 9.59 Å². The number of carboxylic acids is 1. The number of carbonyl (C=O) groups excluding carboxylic acids is 2. The predicted octanol–water partition coefficient (Wildman–Crippen LogP) is 5.61. The quantitative estimate of drug-likeness (QED) is 0.229. The second-order valence-corrected chi connectivity index (χ2v) is 12.0. The Hall–Kier alpha value is -4.76. The first-order valence-electron chi connectivity index (χ1n) is 15.2. The molecule has 2 aliphatic rings. The van der Waals surface area contributed by atoms with Crippen molar-refractivity contribution < 1.29 is 19.5 Å². The van der Waals surface area contributed by atoms with Gasteiger partial charge in [0.2, 0.25) is 0 Å². The summed E-state index contributed by atoms with van der Waals surface area (Å²) in [6.45, 7) is 1.04. The van der Waals surface area contributed by atoms with Crippen molar-refractivity contribution in [2.45, 2.75) is 50.0 Å². The summed E-state index contributed by atoms with van der Waals surface area (Å²) in [6, 6.07) is 22.7. The largest absolute Gasteiger partial charge is 0.478 e. The number of anilines is 1. The van der Waals surface area contributed by atoms with Gasteiger partial charge in [-0.15, -0.1) is 0 Å². The molecule has 1 saturated carbocycles. The molecule has 0 radical (unpaired) electrons. The van der Waals surface area contributed by atoms with E-state index in [1.807, 2.05) is 53.0 Å². The number of carboxylic acid groups (broad SMARTS) is 1. The minimum absolute atomic E-state index is 0.293. The van der Waals surface area contributed by atoms with Gasteiger partial charge in [-0.25, -0.2) is 9.48 Å². The molecule has 1 aliphatic carbocycles. The summed E-state index contributed by atoms with van der Waals surface area (Å²) in [7, 11) is 1.93. The van der Waals surface area contributed by atoms with Crippen LogP contribution in [0.15, 0.2) is 78.9 Å². The monoisotopic (exact) mass is 591 g/mol. The van der Waals surface area contributed by atoms with Crippen LogP contribution in [0.4, 0.5) is 5.69 Å². The number of rotatable bonds is 8. The van der Waals surface area contributed by atoms with Crippen LogP contribution >= 0.6 is 0 Å². The van der Waals surface area contributed by atoms with E-state index in [1.165, 1.54) is 31.0 Å². The first kappa shape index (κ1) is 29.3.